The summed E-state index contributed by atoms with van der Waals surface area (Å²) < 4.78 is 0. The first-order valence-corrected chi connectivity index (χ1v) is 6.21. The zero-order chi connectivity index (χ0) is 10.4. The number of halogens is 1. The van der Waals surface area contributed by atoms with Crippen LogP contribution in [0.4, 0.5) is 0 Å². The lowest BCUT2D eigenvalue weighted by molar-refractivity contribution is 0.266. The summed E-state index contributed by atoms with van der Waals surface area (Å²) >= 11 is 5.72. The average molecular weight is 216 g/mol. The third-order valence-electron chi connectivity index (χ3n) is 2.90. The number of hydrogen-bond acceptors (Lipinski definition) is 1. The van der Waals surface area contributed by atoms with Gasteiger partial charge >= 0.3 is 0 Å². The summed E-state index contributed by atoms with van der Waals surface area (Å²) in [5.74, 6) is 0.812. The molecule has 1 aliphatic rings. The van der Waals surface area contributed by atoms with Crippen LogP contribution in [0.5, 0.6) is 0 Å². The van der Waals surface area contributed by atoms with Crippen LogP contribution in [0.1, 0.15) is 39.5 Å². The molecule has 0 N–H and O–H groups in total. The smallest absolute Gasteiger partial charge is 0.0224 e. The van der Waals surface area contributed by atoms with E-state index in [1.807, 2.05) is 0 Å². The molecule has 0 aromatic carbocycles. The molecule has 1 rings (SSSR count). The van der Waals surface area contributed by atoms with Crippen molar-refractivity contribution in [1.29, 1.82) is 0 Å². The molecule has 0 aromatic rings. The minimum Gasteiger partial charge on any atom is -0.297 e. The normalized spacial score (nSPS) is 22.6. The van der Waals surface area contributed by atoms with Crippen molar-refractivity contribution in [3.8, 4) is 0 Å². The predicted molar refractivity (Wildman–Crippen MR) is 64.0 cm³/mol. The van der Waals surface area contributed by atoms with Crippen LogP contribution in [-0.2, 0) is 0 Å². The van der Waals surface area contributed by atoms with E-state index in [-0.39, 0.29) is 0 Å². The van der Waals surface area contributed by atoms with E-state index in [4.69, 9.17) is 11.6 Å². The molecule has 0 aliphatic carbocycles. The summed E-state index contributed by atoms with van der Waals surface area (Å²) in [5, 5.41) is 0. The minimum absolute atomic E-state index is 0.796. The number of allylic oxidation sites excluding steroid dienone is 1. The van der Waals surface area contributed by atoms with Crippen molar-refractivity contribution < 1.29 is 0 Å². The Balaban J connectivity index is 2.31. The fourth-order valence-electron chi connectivity index (χ4n) is 2.08. The highest BCUT2D eigenvalue weighted by atomic mass is 35.5. The zero-order valence-corrected chi connectivity index (χ0v) is 10.2. The molecule has 1 atom stereocenters. The van der Waals surface area contributed by atoms with E-state index < -0.39 is 0 Å². The summed E-state index contributed by atoms with van der Waals surface area (Å²) in [5.41, 5.74) is 1.42. The Kier molecular flexibility index (Phi) is 5.57. The Labute approximate surface area is 93.1 Å². The van der Waals surface area contributed by atoms with Gasteiger partial charge in [0, 0.05) is 18.5 Å². The monoisotopic (exact) mass is 215 g/mol. The lowest BCUT2D eigenvalue weighted by Gasteiger charge is -2.22. The third-order valence-corrected chi connectivity index (χ3v) is 3.17. The molecule has 0 bridgehead atoms. The molecule has 1 unspecified atom stereocenters. The maximum atomic E-state index is 5.72. The Morgan fingerprint density at radius 3 is 2.93 bits per heavy atom. The molecule has 1 aliphatic heterocycles. The third kappa shape index (κ3) is 4.02. The average Bonchev–Trinajstić information content (AvgIpc) is 2.58. The van der Waals surface area contributed by atoms with Crippen molar-refractivity contribution in [3.05, 3.63) is 11.6 Å². The van der Waals surface area contributed by atoms with Crippen molar-refractivity contribution in [1.82, 2.24) is 4.90 Å². The molecule has 0 aromatic heterocycles. The number of nitrogens with zero attached hydrogens (tertiary/aromatic N) is 1. The standard InChI is InChI=1S/C12H22ClN/c1-11(2)7-10-14-9-4-6-12(14)5-3-8-13/h7,12H,3-6,8-10H2,1-2H3. The van der Waals surface area contributed by atoms with Gasteiger partial charge in [-0.3, -0.25) is 4.90 Å². The number of likely N-dealkylation sites (tertiary alicyclic amines) is 1. The van der Waals surface area contributed by atoms with Gasteiger partial charge in [0.2, 0.25) is 0 Å². The van der Waals surface area contributed by atoms with Gasteiger partial charge in [-0.05, 0) is 46.1 Å². The van der Waals surface area contributed by atoms with Crippen LogP contribution < -0.4 is 0 Å². The summed E-state index contributed by atoms with van der Waals surface area (Å²) in [7, 11) is 0. The maximum absolute atomic E-state index is 5.72. The van der Waals surface area contributed by atoms with Crippen LogP contribution in [0.25, 0.3) is 0 Å². The second-order valence-corrected chi connectivity index (χ2v) is 4.78. The number of hydrogen-bond donors (Lipinski definition) is 0. The second-order valence-electron chi connectivity index (χ2n) is 4.40. The highest BCUT2D eigenvalue weighted by Crippen LogP contribution is 2.21. The van der Waals surface area contributed by atoms with Crippen LogP contribution in [0, 0.1) is 0 Å². The molecular formula is C12H22ClN. The zero-order valence-electron chi connectivity index (χ0n) is 9.43. The Morgan fingerprint density at radius 2 is 2.29 bits per heavy atom. The van der Waals surface area contributed by atoms with Crippen molar-refractivity contribution in [2.45, 2.75) is 45.6 Å². The molecule has 1 fully saturated rings. The first kappa shape index (κ1) is 12.1. The number of alkyl halides is 1. The second kappa shape index (κ2) is 6.47. The van der Waals surface area contributed by atoms with Gasteiger partial charge in [-0.1, -0.05) is 11.6 Å². The van der Waals surface area contributed by atoms with Crippen molar-refractivity contribution in [2.75, 3.05) is 19.0 Å². The highest BCUT2D eigenvalue weighted by Gasteiger charge is 2.22. The minimum atomic E-state index is 0.796. The fourth-order valence-corrected chi connectivity index (χ4v) is 2.23. The molecule has 2 heteroatoms. The van der Waals surface area contributed by atoms with Gasteiger partial charge in [-0.2, -0.15) is 0 Å². The molecular weight excluding hydrogens is 194 g/mol. The molecule has 1 saturated heterocycles. The van der Waals surface area contributed by atoms with Gasteiger partial charge in [0.25, 0.3) is 0 Å². The van der Waals surface area contributed by atoms with Crippen LogP contribution >= 0.6 is 11.6 Å². The summed E-state index contributed by atoms with van der Waals surface area (Å²) in [4.78, 5) is 2.60. The maximum Gasteiger partial charge on any atom is 0.0224 e. The summed E-state index contributed by atoms with van der Waals surface area (Å²) in [6.45, 7) is 6.75. The van der Waals surface area contributed by atoms with Gasteiger partial charge in [-0.15, -0.1) is 11.6 Å². The molecule has 14 heavy (non-hydrogen) atoms. The largest absolute Gasteiger partial charge is 0.297 e. The van der Waals surface area contributed by atoms with Crippen LogP contribution in [-0.4, -0.2) is 29.9 Å². The van der Waals surface area contributed by atoms with Gasteiger partial charge < -0.3 is 0 Å². The summed E-state index contributed by atoms with van der Waals surface area (Å²) in [6.07, 6.45) is 7.51. The van der Waals surface area contributed by atoms with E-state index in [2.05, 4.69) is 24.8 Å². The van der Waals surface area contributed by atoms with E-state index in [0.717, 1.165) is 24.9 Å². The van der Waals surface area contributed by atoms with Crippen LogP contribution in [0.2, 0.25) is 0 Å². The quantitative estimate of drug-likeness (QED) is 0.502. The van der Waals surface area contributed by atoms with Crippen molar-refractivity contribution >= 4 is 11.6 Å². The lowest BCUT2D eigenvalue weighted by atomic mass is 10.1. The SMILES string of the molecule is CC(C)=CCN1CCCC1CCCCl. The van der Waals surface area contributed by atoms with Gasteiger partial charge in [-0.25, -0.2) is 0 Å². The molecule has 82 valence electrons. The molecule has 0 spiro atoms. The van der Waals surface area contributed by atoms with Crippen LogP contribution in [0.15, 0.2) is 11.6 Å². The first-order valence-electron chi connectivity index (χ1n) is 5.67. The van der Waals surface area contributed by atoms with Gasteiger partial charge in [0.15, 0.2) is 0 Å². The molecule has 1 nitrogen and oxygen atoms in total. The Morgan fingerprint density at radius 1 is 1.50 bits per heavy atom. The van der Waals surface area contributed by atoms with E-state index in [0.29, 0.717) is 0 Å². The highest BCUT2D eigenvalue weighted by molar-refractivity contribution is 6.17. The predicted octanol–water partition coefficient (Wildman–Crippen LogP) is 3.44. The van der Waals surface area contributed by atoms with Gasteiger partial charge in [0.1, 0.15) is 0 Å². The van der Waals surface area contributed by atoms with Crippen molar-refractivity contribution in [3.63, 3.8) is 0 Å². The molecule has 0 saturated carbocycles. The van der Waals surface area contributed by atoms with E-state index in [1.54, 1.807) is 0 Å². The van der Waals surface area contributed by atoms with E-state index in [1.165, 1.54) is 31.4 Å². The molecule has 1 heterocycles. The lowest BCUT2D eigenvalue weighted by Crippen LogP contribution is -2.29. The Hall–Kier alpha value is -0.0100. The Bertz CT molecular complexity index is 185. The van der Waals surface area contributed by atoms with Crippen LogP contribution in [0.3, 0.4) is 0 Å². The first-order chi connectivity index (χ1) is 6.74. The number of rotatable bonds is 5. The summed E-state index contributed by atoms with van der Waals surface area (Å²) in [6, 6.07) is 0.796. The topological polar surface area (TPSA) is 3.24 Å². The fraction of sp³-hybridized carbons (Fsp3) is 0.833. The van der Waals surface area contributed by atoms with Gasteiger partial charge in [0.05, 0.1) is 0 Å². The molecule has 0 amide bonds. The van der Waals surface area contributed by atoms with Crippen molar-refractivity contribution in [2.24, 2.45) is 0 Å². The van der Waals surface area contributed by atoms with E-state index in [9.17, 15) is 0 Å². The molecule has 0 radical (unpaired) electrons. The van der Waals surface area contributed by atoms with E-state index >= 15 is 0 Å².